The number of carboxylic acids is 1. The number of ether oxygens (including phenoxy) is 2. The van der Waals surface area contributed by atoms with Crippen molar-refractivity contribution >= 4 is 29.2 Å². The summed E-state index contributed by atoms with van der Waals surface area (Å²) in [7, 11) is 0. The molecule has 0 unspecified atom stereocenters. The zero-order valence-corrected chi connectivity index (χ0v) is 13.0. The molecular weight excluding hydrogens is 310 g/mol. The van der Waals surface area contributed by atoms with Crippen molar-refractivity contribution in [2.75, 3.05) is 25.1 Å². The standard InChI is InChI=1S/C15H18ClNO5/c1-15(5-2-6-21-9-15)14(20)17-10-3-4-12(11(16)7-10)22-8-13(18)19/h3-4,7H,2,5-6,8-9H2,1H3,(H,17,20)(H,18,19)/t15-/m0/s1. The topological polar surface area (TPSA) is 84.9 Å². The van der Waals surface area contributed by atoms with Gasteiger partial charge in [0.05, 0.1) is 17.0 Å². The van der Waals surface area contributed by atoms with Crippen molar-refractivity contribution in [1.29, 1.82) is 0 Å². The van der Waals surface area contributed by atoms with Crippen LogP contribution in [0.15, 0.2) is 18.2 Å². The normalized spacial score (nSPS) is 21.2. The molecule has 1 aromatic rings. The molecule has 0 aliphatic carbocycles. The number of amides is 1. The van der Waals surface area contributed by atoms with Gasteiger partial charge in [0.25, 0.3) is 0 Å². The summed E-state index contributed by atoms with van der Waals surface area (Å²) in [6.07, 6.45) is 1.62. The zero-order chi connectivity index (χ0) is 16.2. The van der Waals surface area contributed by atoms with Crippen LogP contribution in [0.1, 0.15) is 19.8 Å². The summed E-state index contributed by atoms with van der Waals surface area (Å²) < 4.78 is 10.4. The van der Waals surface area contributed by atoms with Crippen LogP contribution in [0.2, 0.25) is 5.02 Å². The molecule has 22 heavy (non-hydrogen) atoms. The number of nitrogens with one attached hydrogen (secondary N) is 1. The van der Waals surface area contributed by atoms with Gasteiger partial charge in [0.2, 0.25) is 5.91 Å². The molecule has 1 aromatic carbocycles. The second kappa shape index (κ2) is 6.98. The molecule has 2 rings (SSSR count). The predicted molar refractivity (Wildman–Crippen MR) is 81.4 cm³/mol. The number of hydrogen-bond donors (Lipinski definition) is 2. The number of anilines is 1. The van der Waals surface area contributed by atoms with Crippen molar-refractivity contribution in [3.05, 3.63) is 23.2 Å². The molecular formula is C15H18ClNO5. The Balaban J connectivity index is 2.02. The number of hydrogen-bond acceptors (Lipinski definition) is 4. The molecule has 0 radical (unpaired) electrons. The van der Waals surface area contributed by atoms with E-state index in [9.17, 15) is 9.59 Å². The lowest BCUT2D eigenvalue weighted by Gasteiger charge is -2.31. The van der Waals surface area contributed by atoms with E-state index in [1.807, 2.05) is 6.92 Å². The zero-order valence-electron chi connectivity index (χ0n) is 12.2. The number of carbonyl (C=O) groups is 2. The third kappa shape index (κ3) is 4.11. The maximum absolute atomic E-state index is 12.4. The number of aliphatic carboxylic acids is 1. The highest BCUT2D eigenvalue weighted by Crippen LogP contribution is 2.31. The summed E-state index contributed by atoms with van der Waals surface area (Å²) >= 11 is 6.02. The lowest BCUT2D eigenvalue weighted by Crippen LogP contribution is -2.40. The Hall–Kier alpha value is -1.79. The molecule has 1 amide bonds. The van der Waals surface area contributed by atoms with Crippen LogP contribution in [0.3, 0.4) is 0 Å². The first-order valence-corrected chi connectivity index (χ1v) is 7.32. The molecule has 0 saturated carbocycles. The van der Waals surface area contributed by atoms with E-state index in [0.29, 0.717) is 18.9 Å². The van der Waals surface area contributed by atoms with Crippen molar-refractivity contribution < 1.29 is 24.2 Å². The molecule has 1 aliphatic heterocycles. The fraction of sp³-hybridized carbons (Fsp3) is 0.467. The Bertz CT molecular complexity index is 569. The fourth-order valence-electron chi connectivity index (χ4n) is 2.23. The number of benzene rings is 1. The van der Waals surface area contributed by atoms with Crippen molar-refractivity contribution in [3.63, 3.8) is 0 Å². The average molecular weight is 328 g/mol. The molecule has 1 saturated heterocycles. The van der Waals surface area contributed by atoms with E-state index in [1.54, 1.807) is 6.07 Å². The lowest BCUT2D eigenvalue weighted by molar-refractivity contribution is -0.139. The minimum absolute atomic E-state index is 0.123. The predicted octanol–water partition coefficient (Wildman–Crippen LogP) is 2.56. The summed E-state index contributed by atoms with van der Waals surface area (Å²) in [4.78, 5) is 22.8. The molecule has 1 aliphatic rings. The Morgan fingerprint density at radius 3 is 2.86 bits per heavy atom. The van der Waals surface area contributed by atoms with Crippen molar-refractivity contribution in [2.24, 2.45) is 5.41 Å². The Kier molecular flexibility index (Phi) is 5.26. The third-order valence-corrected chi connectivity index (χ3v) is 3.82. The Labute approximate surface area is 133 Å². The molecule has 0 aromatic heterocycles. The summed E-state index contributed by atoms with van der Waals surface area (Å²) in [6, 6.07) is 4.68. The first-order chi connectivity index (χ1) is 10.4. The van der Waals surface area contributed by atoms with Crippen molar-refractivity contribution in [3.8, 4) is 5.75 Å². The molecule has 0 spiro atoms. The molecule has 1 atom stereocenters. The van der Waals surface area contributed by atoms with Crippen LogP contribution in [-0.2, 0) is 14.3 Å². The Morgan fingerprint density at radius 2 is 2.27 bits per heavy atom. The summed E-state index contributed by atoms with van der Waals surface area (Å²) in [5.41, 5.74) is -0.0205. The lowest BCUT2D eigenvalue weighted by atomic mass is 9.84. The number of halogens is 1. The minimum Gasteiger partial charge on any atom is -0.480 e. The number of rotatable bonds is 5. The highest BCUT2D eigenvalue weighted by Gasteiger charge is 2.35. The van der Waals surface area contributed by atoms with Crippen LogP contribution in [-0.4, -0.2) is 36.8 Å². The van der Waals surface area contributed by atoms with Gasteiger partial charge in [-0.25, -0.2) is 4.79 Å². The van der Waals surface area contributed by atoms with Crippen LogP contribution in [0.25, 0.3) is 0 Å². The van der Waals surface area contributed by atoms with Crippen LogP contribution >= 0.6 is 11.6 Å². The van der Waals surface area contributed by atoms with Gasteiger partial charge >= 0.3 is 5.97 Å². The average Bonchev–Trinajstić information content (AvgIpc) is 2.47. The van der Waals surface area contributed by atoms with Gasteiger partial charge in [-0.1, -0.05) is 11.6 Å². The minimum atomic E-state index is -1.08. The van der Waals surface area contributed by atoms with Gasteiger partial charge in [-0.2, -0.15) is 0 Å². The van der Waals surface area contributed by atoms with Gasteiger partial charge in [-0.05, 0) is 38.0 Å². The van der Waals surface area contributed by atoms with Crippen LogP contribution in [0.4, 0.5) is 5.69 Å². The molecule has 7 heteroatoms. The largest absolute Gasteiger partial charge is 0.480 e. The molecule has 1 heterocycles. The van der Waals surface area contributed by atoms with Gasteiger partial charge in [-0.15, -0.1) is 0 Å². The summed E-state index contributed by atoms with van der Waals surface area (Å²) in [6.45, 7) is 2.48. The van der Waals surface area contributed by atoms with Crippen LogP contribution in [0, 0.1) is 5.41 Å². The summed E-state index contributed by atoms with van der Waals surface area (Å²) in [5.74, 6) is -0.949. The highest BCUT2D eigenvalue weighted by atomic mass is 35.5. The Morgan fingerprint density at radius 1 is 1.50 bits per heavy atom. The van der Waals surface area contributed by atoms with Gasteiger partial charge < -0.3 is 19.9 Å². The van der Waals surface area contributed by atoms with Crippen LogP contribution < -0.4 is 10.1 Å². The smallest absolute Gasteiger partial charge is 0.341 e. The third-order valence-electron chi connectivity index (χ3n) is 3.53. The maximum Gasteiger partial charge on any atom is 0.341 e. The van der Waals surface area contributed by atoms with E-state index >= 15 is 0 Å². The first kappa shape index (κ1) is 16.6. The molecule has 6 nitrogen and oxygen atoms in total. The molecule has 0 bridgehead atoms. The first-order valence-electron chi connectivity index (χ1n) is 6.94. The van der Waals surface area contributed by atoms with E-state index in [2.05, 4.69) is 5.32 Å². The van der Waals surface area contributed by atoms with E-state index in [4.69, 9.17) is 26.2 Å². The van der Waals surface area contributed by atoms with E-state index in [-0.39, 0.29) is 16.7 Å². The van der Waals surface area contributed by atoms with Gasteiger partial charge in [-0.3, -0.25) is 4.79 Å². The SMILES string of the molecule is C[C@]1(C(=O)Nc2ccc(OCC(=O)O)c(Cl)c2)CCCOC1. The molecule has 120 valence electrons. The quantitative estimate of drug-likeness (QED) is 0.868. The van der Waals surface area contributed by atoms with Gasteiger partial charge in [0.1, 0.15) is 5.75 Å². The summed E-state index contributed by atoms with van der Waals surface area (Å²) in [5, 5.41) is 11.6. The van der Waals surface area contributed by atoms with Crippen LogP contribution in [0.5, 0.6) is 5.75 Å². The van der Waals surface area contributed by atoms with E-state index < -0.39 is 18.0 Å². The second-order valence-corrected chi connectivity index (χ2v) is 5.91. The highest BCUT2D eigenvalue weighted by molar-refractivity contribution is 6.32. The van der Waals surface area contributed by atoms with Gasteiger partial charge in [0.15, 0.2) is 6.61 Å². The van der Waals surface area contributed by atoms with Crippen molar-refractivity contribution in [2.45, 2.75) is 19.8 Å². The fourth-order valence-corrected chi connectivity index (χ4v) is 2.47. The molecule has 2 N–H and O–H groups in total. The monoisotopic (exact) mass is 327 g/mol. The van der Waals surface area contributed by atoms with Crippen molar-refractivity contribution in [1.82, 2.24) is 0 Å². The number of carboxylic acid groups (broad SMARTS) is 1. The molecule has 1 fully saturated rings. The second-order valence-electron chi connectivity index (χ2n) is 5.50. The van der Waals surface area contributed by atoms with E-state index in [1.165, 1.54) is 12.1 Å². The number of carbonyl (C=O) groups excluding carboxylic acids is 1. The van der Waals surface area contributed by atoms with E-state index in [0.717, 1.165) is 12.8 Å². The maximum atomic E-state index is 12.4. The van der Waals surface area contributed by atoms with Gasteiger partial charge in [0, 0.05) is 12.3 Å².